The standard InChI is InChI=1S/C42H44N2O10/c45-37(43-35(41(49)53-29-33-17-9-3-10-18-33)21-25-39(47)51-27-31-13-5-1-6-14-31)23-24-38(46)44-36(42(50)54-30-34-19-11-4-12-20-34)22-26-40(48)52-28-32-15-7-2-8-16-32/h1-20,35-36H,21-30H2,(H,43,45)(H,44,46)/t35-,36-/m0/s1. The molecule has 0 saturated heterocycles. The third-order valence-corrected chi connectivity index (χ3v) is 8.03. The minimum atomic E-state index is -1.20. The molecule has 0 fully saturated rings. The van der Waals surface area contributed by atoms with Gasteiger partial charge in [0.1, 0.15) is 38.5 Å². The molecule has 4 aromatic rings. The summed E-state index contributed by atoms with van der Waals surface area (Å²) in [7, 11) is 0. The summed E-state index contributed by atoms with van der Waals surface area (Å²) >= 11 is 0. The molecule has 0 unspecified atom stereocenters. The Balaban J connectivity index is 1.30. The van der Waals surface area contributed by atoms with Gasteiger partial charge in [0.15, 0.2) is 0 Å². The van der Waals surface area contributed by atoms with Gasteiger partial charge in [0.2, 0.25) is 11.8 Å². The van der Waals surface area contributed by atoms with Crippen LogP contribution < -0.4 is 10.6 Å². The average Bonchev–Trinajstić information content (AvgIpc) is 3.21. The van der Waals surface area contributed by atoms with Crippen LogP contribution in [-0.2, 0) is 74.1 Å². The summed E-state index contributed by atoms with van der Waals surface area (Å²) in [6.07, 6.45) is -1.27. The lowest BCUT2D eigenvalue weighted by Gasteiger charge is -2.19. The minimum absolute atomic E-state index is 0.0472. The molecule has 12 nitrogen and oxygen atoms in total. The zero-order valence-electron chi connectivity index (χ0n) is 29.9. The van der Waals surface area contributed by atoms with Crippen molar-refractivity contribution in [3.63, 3.8) is 0 Å². The zero-order valence-corrected chi connectivity index (χ0v) is 29.9. The van der Waals surface area contributed by atoms with E-state index < -0.39 is 47.8 Å². The van der Waals surface area contributed by atoms with Gasteiger partial charge in [0.25, 0.3) is 0 Å². The number of rotatable bonds is 21. The Kier molecular flexibility index (Phi) is 16.9. The molecule has 0 radical (unpaired) electrons. The van der Waals surface area contributed by atoms with E-state index in [0.717, 1.165) is 22.3 Å². The molecular weight excluding hydrogens is 692 g/mol. The number of carbonyl (C=O) groups is 6. The first-order valence-electron chi connectivity index (χ1n) is 17.6. The second kappa shape index (κ2) is 22.6. The molecular formula is C42H44N2O10. The van der Waals surface area contributed by atoms with Crippen LogP contribution in [0, 0.1) is 0 Å². The molecule has 282 valence electrons. The Morgan fingerprint density at radius 2 is 0.667 bits per heavy atom. The number of benzene rings is 4. The van der Waals surface area contributed by atoms with Crippen LogP contribution in [0.25, 0.3) is 0 Å². The van der Waals surface area contributed by atoms with Gasteiger partial charge in [-0.1, -0.05) is 121 Å². The molecule has 4 rings (SSSR count). The Labute approximate surface area is 314 Å². The van der Waals surface area contributed by atoms with E-state index in [4.69, 9.17) is 18.9 Å². The maximum atomic E-state index is 13.1. The maximum absolute atomic E-state index is 13.1. The van der Waals surface area contributed by atoms with Crippen LogP contribution in [0.4, 0.5) is 0 Å². The van der Waals surface area contributed by atoms with Crippen molar-refractivity contribution in [3.8, 4) is 0 Å². The minimum Gasteiger partial charge on any atom is -0.461 e. The smallest absolute Gasteiger partial charge is 0.328 e. The van der Waals surface area contributed by atoms with Gasteiger partial charge >= 0.3 is 23.9 Å². The first-order valence-corrected chi connectivity index (χ1v) is 17.6. The third-order valence-electron chi connectivity index (χ3n) is 8.03. The van der Waals surface area contributed by atoms with Gasteiger partial charge in [-0.25, -0.2) is 9.59 Å². The lowest BCUT2D eigenvalue weighted by atomic mass is 10.1. The van der Waals surface area contributed by atoms with Crippen molar-refractivity contribution in [1.82, 2.24) is 10.6 Å². The highest BCUT2D eigenvalue weighted by Crippen LogP contribution is 2.11. The van der Waals surface area contributed by atoms with Crippen molar-refractivity contribution < 1.29 is 47.7 Å². The SMILES string of the molecule is O=C(CCC(=O)N[C@@H](CCC(=O)OCc1ccccc1)C(=O)OCc1ccccc1)N[C@@H](CCC(=O)OCc1ccccc1)C(=O)OCc1ccccc1. The molecule has 0 aliphatic heterocycles. The summed E-state index contributed by atoms with van der Waals surface area (Å²) in [5.74, 6) is -3.96. The van der Waals surface area contributed by atoms with E-state index in [-0.39, 0.29) is 65.0 Å². The largest absolute Gasteiger partial charge is 0.461 e. The van der Waals surface area contributed by atoms with Crippen molar-refractivity contribution in [2.75, 3.05) is 0 Å². The van der Waals surface area contributed by atoms with Crippen molar-refractivity contribution in [2.24, 2.45) is 0 Å². The van der Waals surface area contributed by atoms with Gasteiger partial charge in [0, 0.05) is 25.7 Å². The van der Waals surface area contributed by atoms with Crippen LogP contribution in [0.1, 0.15) is 60.8 Å². The van der Waals surface area contributed by atoms with Crippen molar-refractivity contribution >= 4 is 35.7 Å². The number of carbonyl (C=O) groups excluding carboxylic acids is 6. The van der Waals surface area contributed by atoms with Gasteiger partial charge in [0.05, 0.1) is 0 Å². The molecule has 0 heterocycles. The zero-order chi connectivity index (χ0) is 38.4. The lowest BCUT2D eigenvalue weighted by molar-refractivity contribution is -0.152. The highest BCUT2D eigenvalue weighted by molar-refractivity contribution is 5.89. The molecule has 0 spiro atoms. The van der Waals surface area contributed by atoms with E-state index in [0.29, 0.717) is 0 Å². The average molecular weight is 737 g/mol. The first-order chi connectivity index (χ1) is 26.2. The van der Waals surface area contributed by atoms with Crippen LogP contribution in [0.3, 0.4) is 0 Å². The van der Waals surface area contributed by atoms with Crippen LogP contribution in [0.5, 0.6) is 0 Å². The predicted octanol–water partition coefficient (Wildman–Crippen LogP) is 5.27. The monoisotopic (exact) mass is 736 g/mol. The summed E-state index contributed by atoms with van der Waals surface area (Å²) in [5, 5.41) is 5.13. The van der Waals surface area contributed by atoms with E-state index in [1.165, 1.54) is 0 Å². The summed E-state index contributed by atoms with van der Waals surface area (Å²) < 4.78 is 21.5. The second-order valence-corrected chi connectivity index (χ2v) is 12.3. The topological polar surface area (TPSA) is 163 Å². The molecule has 2 atom stereocenters. The number of esters is 4. The number of nitrogens with one attached hydrogen (secondary N) is 2. The number of hydrogen-bond acceptors (Lipinski definition) is 10. The van der Waals surface area contributed by atoms with Crippen LogP contribution in [-0.4, -0.2) is 47.8 Å². The Hall–Kier alpha value is -6.30. The Morgan fingerprint density at radius 1 is 0.389 bits per heavy atom. The molecule has 0 aromatic heterocycles. The maximum Gasteiger partial charge on any atom is 0.328 e. The predicted molar refractivity (Wildman–Crippen MR) is 197 cm³/mol. The van der Waals surface area contributed by atoms with Gasteiger partial charge in [-0.2, -0.15) is 0 Å². The number of amides is 2. The molecule has 2 amide bonds. The van der Waals surface area contributed by atoms with Crippen LogP contribution >= 0.6 is 0 Å². The van der Waals surface area contributed by atoms with Crippen LogP contribution in [0.2, 0.25) is 0 Å². The van der Waals surface area contributed by atoms with E-state index in [1.807, 2.05) is 72.8 Å². The highest BCUT2D eigenvalue weighted by Gasteiger charge is 2.26. The van der Waals surface area contributed by atoms with Crippen molar-refractivity contribution in [3.05, 3.63) is 144 Å². The fourth-order valence-corrected chi connectivity index (χ4v) is 5.06. The molecule has 0 saturated carbocycles. The van der Waals surface area contributed by atoms with Gasteiger partial charge in [-0.15, -0.1) is 0 Å². The summed E-state index contributed by atoms with van der Waals surface area (Å²) in [4.78, 5) is 77.1. The number of hydrogen-bond donors (Lipinski definition) is 2. The Morgan fingerprint density at radius 3 is 0.963 bits per heavy atom. The summed E-state index contributed by atoms with van der Waals surface area (Å²) in [6.45, 7) is 0.0166. The van der Waals surface area contributed by atoms with Gasteiger partial charge in [-0.05, 0) is 35.1 Å². The molecule has 2 N–H and O–H groups in total. The second-order valence-electron chi connectivity index (χ2n) is 12.3. The molecule has 0 aliphatic rings. The third kappa shape index (κ3) is 15.5. The van der Waals surface area contributed by atoms with Crippen molar-refractivity contribution in [2.45, 2.75) is 77.0 Å². The fourth-order valence-electron chi connectivity index (χ4n) is 5.06. The van der Waals surface area contributed by atoms with E-state index >= 15 is 0 Å². The molecule has 4 aromatic carbocycles. The quantitative estimate of drug-likeness (QED) is 0.0851. The molecule has 12 heteroatoms. The van der Waals surface area contributed by atoms with Crippen LogP contribution in [0.15, 0.2) is 121 Å². The normalized spacial score (nSPS) is 11.6. The van der Waals surface area contributed by atoms with Gasteiger partial charge < -0.3 is 29.6 Å². The molecule has 54 heavy (non-hydrogen) atoms. The molecule has 0 aliphatic carbocycles. The Bertz CT molecular complexity index is 1650. The van der Waals surface area contributed by atoms with Gasteiger partial charge in [-0.3, -0.25) is 19.2 Å². The van der Waals surface area contributed by atoms with E-state index in [2.05, 4.69) is 10.6 Å². The summed E-state index contributed by atoms with van der Waals surface area (Å²) in [6, 6.07) is 33.7. The van der Waals surface area contributed by atoms with Crippen molar-refractivity contribution in [1.29, 1.82) is 0 Å². The molecule has 0 bridgehead atoms. The summed E-state index contributed by atoms with van der Waals surface area (Å²) in [5.41, 5.74) is 3.06. The van der Waals surface area contributed by atoms with E-state index in [1.54, 1.807) is 48.5 Å². The lowest BCUT2D eigenvalue weighted by Crippen LogP contribution is -2.44. The first kappa shape index (κ1) is 40.5. The fraction of sp³-hybridized carbons (Fsp3) is 0.286. The van der Waals surface area contributed by atoms with E-state index in [9.17, 15) is 28.8 Å². The highest BCUT2D eigenvalue weighted by atomic mass is 16.5. The number of ether oxygens (including phenoxy) is 4.